The summed E-state index contributed by atoms with van der Waals surface area (Å²) in [5.74, 6) is 0.870. The van der Waals surface area contributed by atoms with Crippen molar-refractivity contribution in [3.8, 4) is 0 Å². The lowest BCUT2D eigenvalue weighted by Gasteiger charge is -2.07. The third-order valence-corrected chi connectivity index (χ3v) is 2.43. The van der Waals surface area contributed by atoms with E-state index >= 15 is 0 Å². The molecule has 0 saturated carbocycles. The molecule has 0 aromatic carbocycles. The molecule has 1 unspecified atom stereocenters. The Bertz CT molecular complexity index is 430. The summed E-state index contributed by atoms with van der Waals surface area (Å²) < 4.78 is 1.95. The lowest BCUT2D eigenvalue weighted by atomic mass is 10.2. The average Bonchev–Trinajstić information content (AvgIpc) is 2.87. The number of hydrogen-bond donors (Lipinski definition) is 1. The summed E-state index contributed by atoms with van der Waals surface area (Å²) in [5, 5.41) is 18.8. The van der Waals surface area contributed by atoms with Crippen LogP contribution in [0.25, 0.3) is 0 Å². The third kappa shape index (κ3) is 2.23. The first-order chi connectivity index (χ1) is 7.66. The topological polar surface area (TPSA) is 76.2 Å². The minimum Gasteiger partial charge on any atom is -0.317 e. The van der Waals surface area contributed by atoms with Crippen LogP contribution in [-0.4, -0.2) is 30.2 Å². The standard InChI is InChI=1S/C9H15N7/c1-7(2)16-13-9(12-14-16)4-8(3)15-5-10-11-6-15/h5-8H,4H2,1-3H3/p+1. The highest BCUT2D eigenvalue weighted by Gasteiger charge is 2.16. The molecule has 0 spiro atoms. The normalized spacial score (nSPS) is 13.2. The first-order valence-corrected chi connectivity index (χ1v) is 5.34. The number of aromatic amines is 1. The van der Waals surface area contributed by atoms with E-state index in [2.05, 4.69) is 46.4 Å². The molecule has 0 bridgehead atoms. The number of hydrogen-bond acceptors (Lipinski definition) is 4. The summed E-state index contributed by atoms with van der Waals surface area (Å²) in [4.78, 5) is 1.74. The van der Waals surface area contributed by atoms with Crippen molar-refractivity contribution in [2.75, 3.05) is 0 Å². The molecule has 7 heteroatoms. The van der Waals surface area contributed by atoms with E-state index < -0.39 is 0 Å². The molecule has 2 aromatic rings. The lowest BCUT2D eigenvalue weighted by molar-refractivity contribution is -0.821. The zero-order valence-electron chi connectivity index (χ0n) is 9.70. The fraction of sp³-hybridized carbons (Fsp3) is 0.667. The first-order valence-electron chi connectivity index (χ1n) is 5.34. The highest BCUT2D eigenvalue weighted by molar-refractivity contribution is 4.81. The van der Waals surface area contributed by atoms with Crippen molar-refractivity contribution in [1.29, 1.82) is 0 Å². The molecule has 0 fully saturated rings. The van der Waals surface area contributed by atoms with Crippen LogP contribution in [0.15, 0.2) is 12.7 Å². The molecule has 0 aliphatic carbocycles. The Morgan fingerprint density at radius 3 is 2.56 bits per heavy atom. The molecule has 86 valence electrons. The van der Waals surface area contributed by atoms with Gasteiger partial charge in [-0.15, -0.1) is 10.2 Å². The van der Waals surface area contributed by atoms with E-state index in [4.69, 9.17) is 0 Å². The second-order valence-electron chi connectivity index (χ2n) is 4.15. The van der Waals surface area contributed by atoms with Gasteiger partial charge < -0.3 is 4.57 Å². The molecule has 0 radical (unpaired) electrons. The molecular weight excluding hydrogens is 206 g/mol. The van der Waals surface area contributed by atoms with E-state index in [-0.39, 0.29) is 6.04 Å². The Morgan fingerprint density at radius 1 is 1.31 bits per heavy atom. The molecular formula is C9H16N7+. The van der Waals surface area contributed by atoms with Crippen molar-refractivity contribution in [1.82, 2.24) is 30.2 Å². The van der Waals surface area contributed by atoms with Crippen LogP contribution in [0.4, 0.5) is 0 Å². The molecule has 2 aromatic heterocycles. The van der Waals surface area contributed by atoms with E-state index in [0.717, 1.165) is 12.2 Å². The zero-order chi connectivity index (χ0) is 11.5. The summed E-state index contributed by atoms with van der Waals surface area (Å²) in [7, 11) is 0. The van der Waals surface area contributed by atoms with Crippen molar-refractivity contribution >= 4 is 0 Å². The molecule has 1 atom stereocenters. The predicted molar refractivity (Wildman–Crippen MR) is 55.4 cm³/mol. The fourth-order valence-corrected chi connectivity index (χ4v) is 1.42. The van der Waals surface area contributed by atoms with Gasteiger partial charge in [-0.3, -0.25) is 0 Å². The van der Waals surface area contributed by atoms with Crippen LogP contribution in [0.3, 0.4) is 0 Å². The van der Waals surface area contributed by atoms with Crippen molar-refractivity contribution in [3.05, 3.63) is 18.5 Å². The van der Waals surface area contributed by atoms with Gasteiger partial charge in [0.05, 0.1) is 11.5 Å². The Kier molecular flexibility index (Phi) is 2.93. The maximum absolute atomic E-state index is 4.09. The van der Waals surface area contributed by atoms with E-state index in [9.17, 15) is 0 Å². The maximum Gasteiger partial charge on any atom is 0.283 e. The van der Waals surface area contributed by atoms with Crippen LogP contribution in [0, 0.1) is 0 Å². The molecule has 0 aliphatic rings. The molecule has 16 heavy (non-hydrogen) atoms. The summed E-state index contributed by atoms with van der Waals surface area (Å²) in [6.07, 6.45) is 4.19. The van der Waals surface area contributed by atoms with Gasteiger partial charge >= 0.3 is 0 Å². The Hall–Kier alpha value is -1.79. The molecule has 2 rings (SSSR count). The van der Waals surface area contributed by atoms with Crippen molar-refractivity contribution < 1.29 is 4.80 Å². The largest absolute Gasteiger partial charge is 0.317 e. The van der Waals surface area contributed by atoms with Crippen molar-refractivity contribution in [3.63, 3.8) is 0 Å². The molecule has 1 N–H and O–H groups in total. The summed E-state index contributed by atoms with van der Waals surface area (Å²) in [5.41, 5.74) is 0. The number of nitrogens with one attached hydrogen (secondary N) is 1. The second-order valence-corrected chi connectivity index (χ2v) is 4.15. The molecule has 0 amide bonds. The van der Waals surface area contributed by atoms with E-state index in [1.54, 1.807) is 17.5 Å². The maximum atomic E-state index is 4.09. The Balaban J connectivity index is 2.03. The summed E-state index contributed by atoms with van der Waals surface area (Å²) in [6.45, 7) is 6.20. The van der Waals surface area contributed by atoms with Gasteiger partial charge in [0, 0.05) is 6.04 Å². The van der Waals surface area contributed by atoms with Gasteiger partial charge in [-0.2, -0.15) is 5.10 Å². The minimum atomic E-state index is 0.267. The third-order valence-electron chi connectivity index (χ3n) is 2.43. The van der Waals surface area contributed by atoms with Gasteiger partial charge in [0.2, 0.25) is 0 Å². The van der Waals surface area contributed by atoms with Gasteiger partial charge in [0.15, 0.2) is 5.21 Å². The van der Waals surface area contributed by atoms with Gasteiger partial charge in [-0.1, -0.05) is 4.80 Å². The van der Waals surface area contributed by atoms with Gasteiger partial charge in [-0.25, -0.2) is 0 Å². The van der Waals surface area contributed by atoms with E-state index in [1.165, 1.54) is 0 Å². The van der Waals surface area contributed by atoms with Crippen LogP contribution in [-0.2, 0) is 6.42 Å². The lowest BCUT2D eigenvalue weighted by Crippen LogP contribution is -2.41. The van der Waals surface area contributed by atoms with E-state index in [1.807, 2.05) is 4.57 Å². The van der Waals surface area contributed by atoms with Crippen LogP contribution in [0.5, 0.6) is 0 Å². The number of tetrazole rings is 1. The predicted octanol–water partition coefficient (Wildman–Crippen LogP) is 0.0683. The van der Waals surface area contributed by atoms with Gasteiger partial charge in [0.25, 0.3) is 5.82 Å². The fourth-order valence-electron chi connectivity index (χ4n) is 1.42. The van der Waals surface area contributed by atoms with Crippen LogP contribution >= 0.6 is 0 Å². The van der Waals surface area contributed by atoms with E-state index in [0.29, 0.717) is 6.04 Å². The van der Waals surface area contributed by atoms with Crippen LogP contribution < -0.4 is 4.80 Å². The number of rotatable bonds is 4. The molecule has 0 saturated heterocycles. The number of nitrogens with zero attached hydrogens (tertiary/aromatic N) is 6. The highest BCUT2D eigenvalue weighted by Crippen LogP contribution is 2.08. The SMILES string of the molecule is CC(Cc1nn[n+](C(C)C)[nH]1)n1cnnc1. The number of aromatic nitrogens is 7. The molecule has 7 nitrogen and oxygen atoms in total. The summed E-state index contributed by atoms with van der Waals surface area (Å²) in [6, 6.07) is 0.565. The molecule has 0 aliphatic heterocycles. The second kappa shape index (κ2) is 4.38. The van der Waals surface area contributed by atoms with Crippen molar-refractivity contribution in [2.24, 2.45) is 0 Å². The smallest absolute Gasteiger partial charge is 0.283 e. The highest BCUT2D eigenvalue weighted by atomic mass is 15.6. The Morgan fingerprint density at radius 2 is 2.00 bits per heavy atom. The monoisotopic (exact) mass is 222 g/mol. The summed E-state index contributed by atoms with van der Waals surface area (Å²) >= 11 is 0. The van der Waals surface area contributed by atoms with Crippen LogP contribution in [0.1, 0.15) is 38.7 Å². The van der Waals surface area contributed by atoms with Gasteiger partial charge in [-0.05, 0) is 20.8 Å². The van der Waals surface area contributed by atoms with Gasteiger partial charge in [0.1, 0.15) is 18.7 Å². The Labute approximate surface area is 93.5 Å². The molecule has 2 heterocycles. The first kappa shape index (κ1) is 10.7. The quantitative estimate of drug-likeness (QED) is 0.743. The number of H-pyrrole nitrogens is 1. The zero-order valence-corrected chi connectivity index (χ0v) is 9.70. The minimum absolute atomic E-state index is 0.267. The average molecular weight is 222 g/mol. The van der Waals surface area contributed by atoms with Crippen molar-refractivity contribution in [2.45, 2.75) is 39.3 Å². The van der Waals surface area contributed by atoms with Crippen LogP contribution in [0.2, 0.25) is 0 Å².